The molecule has 0 amide bonds. The zero-order valence-electron chi connectivity index (χ0n) is 11.0. The molecule has 0 aliphatic carbocycles. The number of hydrazone groups is 1. The largest absolute Gasteiger partial charge is 0.454 e. The normalized spacial score (nSPS) is 12.9. The summed E-state index contributed by atoms with van der Waals surface area (Å²) >= 11 is 12.2. The van der Waals surface area contributed by atoms with Gasteiger partial charge in [0, 0.05) is 15.6 Å². The average molecular weight is 323 g/mol. The highest BCUT2D eigenvalue weighted by Gasteiger charge is 2.12. The number of nitrogens with zero attached hydrogens (tertiary/aromatic N) is 1. The smallest absolute Gasteiger partial charge is 0.231 e. The number of ether oxygens (including phenoxy) is 2. The molecule has 0 fully saturated rings. The van der Waals surface area contributed by atoms with Crippen LogP contribution in [0, 0.1) is 0 Å². The van der Waals surface area contributed by atoms with Crippen molar-refractivity contribution in [3.05, 3.63) is 57.6 Å². The van der Waals surface area contributed by atoms with Gasteiger partial charge in [0.2, 0.25) is 6.79 Å². The molecule has 0 saturated carbocycles. The van der Waals surface area contributed by atoms with Crippen LogP contribution in [0.1, 0.15) is 11.1 Å². The number of halogens is 2. The molecule has 3 rings (SSSR count). The Bertz CT molecular complexity index is 669. The SMILES string of the molecule is Clc1cccc(Cl)c1CN/N=C/c1ccc2c(c1)OCO2. The molecule has 1 aliphatic rings. The van der Waals surface area contributed by atoms with Gasteiger partial charge in [-0.2, -0.15) is 5.10 Å². The average Bonchev–Trinajstić information content (AvgIpc) is 2.93. The Morgan fingerprint density at radius 3 is 2.67 bits per heavy atom. The Kier molecular flexibility index (Phi) is 4.18. The minimum Gasteiger partial charge on any atom is -0.454 e. The predicted octanol–water partition coefficient (Wildman–Crippen LogP) is 3.85. The highest BCUT2D eigenvalue weighted by atomic mass is 35.5. The van der Waals surface area contributed by atoms with Gasteiger partial charge in [0.15, 0.2) is 11.5 Å². The molecule has 0 aromatic heterocycles. The van der Waals surface area contributed by atoms with Crippen molar-refractivity contribution >= 4 is 29.4 Å². The second-order valence-corrected chi connectivity index (χ2v) is 5.22. The number of fused-ring (bicyclic) bond motifs is 1. The van der Waals surface area contributed by atoms with Crippen molar-refractivity contribution in [1.29, 1.82) is 0 Å². The van der Waals surface area contributed by atoms with Crippen molar-refractivity contribution in [3.63, 3.8) is 0 Å². The summed E-state index contributed by atoms with van der Waals surface area (Å²) in [7, 11) is 0. The van der Waals surface area contributed by atoms with E-state index in [-0.39, 0.29) is 6.79 Å². The summed E-state index contributed by atoms with van der Waals surface area (Å²) in [5, 5.41) is 5.39. The lowest BCUT2D eigenvalue weighted by Gasteiger charge is -2.06. The minimum absolute atomic E-state index is 0.263. The maximum Gasteiger partial charge on any atom is 0.231 e. The summed E-state index contributed by atoms with van der Waals surface area (Å²) in [5.41, 5.74) is 4.66. The summed E-state index contributed by atoms with van der Waals surface area (Å²) in [5.74, 6) is 1.48. The van der Waals surface area contributed by atoms with Gasteiger partial charge < -0.3 is 14.9 Å². The standard InChI is InChI=1S/C15H12Cl2N2O2/c16-12-2-1-3-13(17)11(12)8-19-18-7-10-4-5-14-15(6-10)21-9-20-14/h1-7,19H,8-9H2/b18-7+. The summed E-state index contributed by atoms with van der Waals surface area (Å²) < 4.78 is 10.6. The molecule has 0 spiro atoms. The van der Waals surface area contributed by atoms with E-state index in [9.17, 15) is 0 Å². The third-order valence-electron chi connectivity index (χ3n) is 3.02. The van der Waals surface area contributed by atoms with Gasteiger partial charge in [-0.15, -0.1) is 0 Å². The molecule has 4 nitrogen and oxygen atoms in total. The van der Waals surface area contributed by atoms with Crippen molar-refractivity contribution in [3.8, 4) is 11.5 Å². The highest BCUT2D eigenvalue weighted by molar-refractivity contribution is 6.35. The lowest BCUT2D eigenvalue weighted by Crippen LogP contribution is -2.06. The van der Waals surface area contributed by atoms with Crippen LogP contribution in [0.25, 0.3) is 0 Å². The lowest BCUT2D eigenvalue weighted by molar-refractivity contribution is 0.174. The molecule has 1 heterocycles. The van der Waals surface area contributed by atoms with Crippen molar-refractivity contribution in [2.24, 2.45) is 5.10 Å². The zero-order chi connectivity index (χ0) is 14.7. The van der Waals surface area contributed by atoms with Crippen molar-refractivity contribution < 1.29 is 9.47 Å². The first kappa shape index (κ1) is 14.0. The Morgan fingerprint density at radius 2 is 1.86 bits per heavy atom. The molecule has 0 atom stereocenters. The highest BCUT2D eigenvalue weighted by Crippen LogP contribution is 2.32. The number of benzene rings is 2. The van der Waals surface area contributed by atoms with E-state index < -0.39 is 0 Å². The monoisotopic (exact) mass is 322 g/mol. The molecular weight excluding hydrogens is 311 g/mol. The van der Waals surface area contributed by atoms with Crippen LogP contribution in [0.5, 0.6) is 11.5 Å². The van der Waals surface area contributed by atoms with Crippen LogP contribution < -0.4 is 14.9 Å². The molecule has 1 aliphatic heterocycles. The molecule has 21 heavy (non-hydrogen) atoms. The zero-order valence-corrected chi connectivity index (χ0v) is 12.5. The first-order valence-corrected chi connectivity index (χ1v) is 7.08. The van der Waals surface area contributed by atoms with E-state index in [1.807, 2.05) is 24.3 Å². The third-order valence-corrected chi connectivity index (χ3v) is 3.73. The van der Waals surface area contributed by atoms with E-state index in [4.69, 9.17) is 32.7 Å². The molecule has 0 radical (unpaired) electrons. The Hall–Kier alpha value is -1.91. The summed E-state index contributed by atoms with van der Waals surface area (Å²) in [6.07, 6.45) is 1.70. The van der Waals surface area contributed by atoms with Crippen LogP contribution >= 0.6 is 23.2 Å². The number of nitrogens with one attached hydrogen (secondary N) is 1. The molecule has 2 aromatic rings. The second kappa shape index (κ2) is 6.24. The van der Waals surface area contributed by atoms with Gasteiger partial charge in [-0.05, 0) is 35.9 Å². The van der Waals surface area contributed by atoms with Crippen LogP contribution in [-0.2, 0) is 6.54 Å². The van der Waals surface area contributed by atoms with Gasteiger partial charge in [-0.3, -0.25) is 0 Å². The molecule has 0 unspecified atom stereocenters. The van der Waals surface area contributed by atoms with E-state index >= 15 is 0 Å². The van der Waals surface area contributed by atoms with Crippen LogP contribution in [0.2, 0.25) is 10.0 Å². The van der Waals surface area contributed by atoms with Crippen LogP contribution in [0.3, 0.4) is 0 Å². The quantitative estimate of drug-likeness (QED) is 0.686. The van der Waals surface area contributed by atoms with Gasteiger partial charge in [0.25, 0.3) is 0 Å². The third kappa shape index (κ3) is 3.23. The van der Waals surface area contributed by atoms with Crippen molar-refractivity contribution in [1.82, 2.24) is 5.43 Å². The van der Waals surface area contributed by atoms with E-state index in [0.29, 0.717) is 16.6 Å². The topological polar surface area (TPSA) is 42.9 Å². The van der Waals surface area contributed by atoms with E-state index in [2.05, 4.69) is 10.5 Å². The maximum absolute atomic E-state index is 6.08. The fraction of sp³-hybridized carbons (Fsp3) is 0.133. The summed E-state index contributed by atoms with van der Waals surface area (Å²) in [4.78, 5) is 0. The second-order valence-electron chi connectivity index (χ2n) is 4.41. The molecule has 6 heteroatoms. The van der Waals surface area contributed by atoms with E-state index in [1.165, 1.54) is 0 Å². The van der Waals surface area contributed by atoms with Crippen LogP contribution in [0.4, 0.5) is 0 Å². The van der Waals surface area contributed by atoms with Gasteiger partial charge in [0.05, 0.1) is 12.8 Å². The first-order valence-electron chi connectivity index (χ1n) is 6.32. The lowest BCUT2D eigenvalue weighted by atomic mass is 10.2. The van der Waals surface area contributed by atoms with Crippen LogP contribution in [-0.4, -0.2) is 13.0 Å². The van der Waals surface area contributed by atoms with E-state index in [0.717, 1.165) is 22.6 Å². The van der Waals surface area contributed by atoms with Gasteiger partial charge in [-0.25, -0.2) is 0 Å². The number of hydrogen-bond donors (Lipinski definition) is 1. The fourth-order valence-electron chi connectivity index (χ4n) is 1.94. The summed E-state index contributed by atoms with van der Waals surface area (Å²) in [6, 6.07) is 11.0. The van der Waals surface area contributed by atoms with Gasteiger partial charge in [0.1, 0.15) is 0 Å². The molecule has 2 aromatic carbocycles. The number of rotatable bonds is 4. The fourth-order valence-corrected chi connectivity index (χ4v) is 2.47. The molecule has 0 saturated heterocycles. The minimum atomic E-state index is 0.263. The molecule has 1 N–H and O–H groups in total. The van der Waals surface area contributed by atoms with Gasteiger partial charge >= 0.3 is 0 Å². The molecular formula is C15H12Cl2N2O2. The molecule has 0 bridgehead atoms. The molecule has 108 valence electrons. The Labute approximate surface area is 132 Å². The first-order chi connectivity index (χ1) is 10.2. The van der Waals surface area contributed by atoms with Crippen molar-refractivity contribution in [2.45, 2.75) is 6.54 Å². The van der Waals surface area contributed by atoms with Crippen LogP contribution in [0.15, 0.2) is 41.5 Å². The van der Waals surface area contributed by atoms with Gasteiger partial charge in [-0.1, -0.05) is 29.3 Å². The number of hydrogen-bond acceptors (Lipinski definition) is 4. The van der Waals surface area contributed by atoms with E-state index in [1.54, 1.807) is 18.3 Å². The maximum atomic E-state index is 6.08. The predicted molar refractivity (Wildman–Crippen MR) is 83.5 cm³/mol. The Morgan fingerprint density at radius 1 is 1.10 bits per heavy atom. The Balaban J connectivity index is 1.63. The van der Waals surface area contributed by atoms with Crippen molar-refractivity contribution in [2.75, 3.05) is 6.79 Å². The summed E-state index contributed by atoms with van der Waals surface area (Å²) in [6.45, 7) is 0.721.